The van der Waals surface area contributed by atoms with Crippen LogP contribution < -0.4 is 55.5 Å². The molecule has 0 bridgehead atoms. The van der Waals surface area contributed by atoms with Gasteiger partial charge in [-0.1, -0.05) is 5.16 Å². The second kappa shape index (κ2) is 39.1. The second-order valence-electron chi connectivity index (χ2n) is 28.0. The number of halogens is 3. The molecule has 3 radical (unpaired) electrons. The van der Waals surface area contributed by atoms with Crippen LogP contribution in [0.5, 0.6) is 0 Å². The first-order valence-electron chi connectivity index (χ1n) is 36.0. The summed E-state index contributed by atoms with van der Waals surface area (Å²) in [6, 6.07) is 15.8. The van der Waals surface area contributed by atoms with Gasteiger partial charge in [-0.2, -0.15) is 0 Å². The van der Waals surface area contributed by atoms with E-state index in [9.17, 15) is 46.7 Å². The van der Waals surface area contributed by atoms with Crippen LogP contribution in [0, 0.1) is 17.5 Å². The maximum absolute atomic E-state index is 14.0. The topological polar surface area (TPSA) is 269 Å². The summed E-state index contributed by atoms with van der Waals surface area (Å²) in [5.74, 6) is 1.95. The molecule has 3 aromatic carbocycles. The number of ketones is 1. The number of nitrogens with two attached hydrogens (primary N) is 1. The summed E-state index contributed by atoms with van der Waals surface area (Å²) in [4.78, 5) is 104. The van der Waals surface area contributed by atoms with Crippen molar-refractivity contribution < 1.29 is 119 Å². The van der Waals surface area contributed by atoms with Crippen molar-refractivity contribution in [2.75, 3.05) is 113 Å². The largest absolute Gasteiger partial charge is 1.00 e. The molecule has 0 aromatic heterocycles. The Kier molecular flexibility index (Phi) is 32.0. The van der Waals surface area contributed by atoms with E-state index in [0.717, 1.165) is 203 Å². The molecule has 5 spiro atoms. The van der Waals surface area contributed by atoms with E-state index in [1.807, 2.05) is 23.6 Å². The van der Waals surface area contributed by atoms with Crippen molar-refractivity contribution >= 4 is 72.2 Å². The van der Waals surface area contributed by atoms with Gasteiger partial charge in [0, 0.05) is 145 Å². The molecule has 0 unspecified atom stereocenters. The molecular formula is C74H104BF3N8NaO16. The van der Waals surface area contributed by atoms with Crippen molar-refractivity contribution in [1.82, 2.24) is 15.1 Å². The van der Waals surface area contributed by atoms with Crippen molar-refractivity contribution in [1.29, 1.82) is 0 Å². The molecule has 0 atom stereocenters. The number of carbonyl (C=O) groups is 7. The molecule has 3 aromatic rings. The molecule has 24 nitrogen and oxygen atoms in total. The van der Waals surface area contributed by atoms with E-state index >= 15 is 0 Å². The van der Waals surface area contributed by atoms with Crippen molar-refractivity contribution in [2.24, 2.45) is 11.1 Å². The number of Topliss-reactive ketones (excluding diaryl/α,β-unsaturated/α-hetero) is 1. The van der Waals surface area contributed by atoms with Crippen LogP contribution in [0.1, 0.15) is 188 Å². The van der Waals surface area contributed by atoms with Crippen LogP contribution >= 0.6 is 0 Å². The van der Waals surface area contributed by atoms with Crippen LogP contribution in [0.25, 0.3) is 0 Å². The standard InChI is InChI=1S/C22H30FN3O2.C22H29FN2O3.C14H17FN2O.C8H12O3.C4H6O4.C2H3BO2.C2H7NO.Na/c1-3-28-24-18-5-7-19(8-6-18)25-12-10-22(11-13-25)15-26(16(2)27)21-9-4-17(23)14-20(21)22;1-16(26)25-15-21(19-14-17(23)2-3-20(19)25)8-10-24(11-9-21)18-4-6-22(7-5-18)27-12-13-28-22;1-10(18)17-9-14(4-6-16-7-5-14)12-8-11(15)2-3-13(12)17;9-7-1-3-8(4-2-7)10-5-6-11-8;1-3(5)7-8-4(2)6;1-2(4)5-3;1-2-4-3;/h4,9,14,19H,3,5-8,10-13,15H2,1-2H3;2-3,14,18H,4-13,15H2,1H3;2-3,8,16H,4-7,9H2,1H3;1-6H2;1-2H3;1H3;2-3H2,1H3;/q;;;;;-1;;+1. The molecule has 3 N–H and O–H groups in total. The average molecular weight is 1450 g/mol. The third kappa shape index (κ3) is 22.1. The molecule has 8 fully saturated rings. The number of amides is 3. The smallest absolute Gasteiger partial charge is 0.793 e. The van der Waals surface area contributed by atoms with Crippen molar-refractivity contribution in [3.8, 4) is 0 Å². The Labute approximate surface area is 627 Å². The predicted molar refractivity (Wildman–Crippen MR) is 375 cm³/mol. The number of piperidine rings is 3. The van der Waals surface area contributed by atoms with E-state index in [-0.39, 0.29) is 92.5 Å². The number of hydrogen-bond donors (Lipinski definition) is 2. The van der Waals surface area contributed by atoms with Crippen LogP contribution in [0.15, 0.2) is 59.8 Å². The first-order chi connectivity index (χ1) is 48.8. The third-order valence-corrected chi connectivity index (χ3v) is 21.5. The van der Waals surface area contributed by atoms with Crippen molar-refractivity contribution in [2.45, 2.75) is 211 Å². The summed E-state index contributed by atoms with van der Waals surface area (Å²) >= 11 is 0. The van der Waals surface area contributed by atoms with E-state index in [0.29, 0.717) is 76.8 Å². The van der Waals surface area contributed by atoms with Gasteiger partial charge >= 0.3 is 41.5 Å². The van der Waals surface area contributed by atoms with Crippen LogP contribution in [-0.2, 0) is 92.9 Å². The zero-order valence-electron chi connectivity index (χ0n) is 61.7. The molecule has 561 valence electrons. The Hall–Kier alpha value is -5.89. The Morgan fingerprint density at radius 2 is 0.864 bits per heavy atom. The van der Waals surface area contributed by atoms with Gasteiger partial charge in [-0.05, 0) is 201 Å². The Morgan fingerprint density at radius 1 is 0.524 bits per heavy atom. The number of nitrogens with zero attached hydrogens (tertiary/aromatic N) is 6. The fourth-order valence-electron chi connectivity index (χ4n) is 16.1. The van der Waals surface area contributed by atoms with Gasteiger partial charge in [0.05, 0.1) is 38.7 Å². The molecule has 3 aliphatic carbocycles. The van der Waals surface area contributed by atoms with E-state index < -0.39 is 17.9 Å². The van der Waals surface area contributed by atoms with Gasteiger partial charge in [0.2, 0.25) is 23.7 Å². The molecule has 11 aliphatic rings. The summed E-state index contributed by atoms with van der Waals surface area (Å²) < 4.78 is 67.7. The van der Waals surface area contributed by atoms with Gasteiger partial charge in [0.1, 0.15) is 29.8 Å². The minimum absolute atomic E-state index is 0. The summed E-state index contributed by atoms with van der Waals surface area (Å²) in [5, 5.41) is 7.55. The number of likely N-dealkylation sites (tertiary alicyclic amines) is 2. The van der Waals surface area contributed by atoms with E-state index in [4.69, 9.17) is 23.8 Å². The third-order valence-electron chi connectivity index (χ3n) is 21.5. The van der Waals surface area contributed by atoms with Crippen molar-refractivity contribution in [3.05, 3.63) is 88.7 Å². The number of oxime groups is 1. The van der Waals surface area contributed by atoms with Gasteiger partial charge in [-0.3, -0.25) is 24.0 Å². The van der Waals surface area contributed by atoms with Crippen LogP contribution in [-0.4, -0.2) is 187 Å². The number of carbonyl (C=O) groups excluding carboxylic acids is 7. The second-order valence-corrected chi connectivity index (χ2v) is 28.0. The van der Waals surface area contributed by atoms with Gasteiger partial charge < -0.3 is 71.1 Å². The molecule has 29 heteroatoms. The number of nitrogens with one attached hydrogen (secondary N) is 1. The predicted octanol–water partition coefficient (Wildman–Crippen LogP) is 6.32. The average Bonchev–Trinajstić information content (AvgIpc) is 1.61. The van der Waals surface area contributed by atoms with Gasteiger partial charge in [0.15, 0.2) is 11.6 Å². The number of hydrogen-bond acceptors (Lipinski definition) is 21. The van der Waals surface area contributed by atoms with Crippen LogP contribution in [0.4, 0.5) is 30.2 Å². The van der Waals surface area contributed by atoms with E-state index in [1.165, 1.54) is 30.8 Å². The summed E-state index contributed by atoms with van der Waals surface area (Å²) in [6.45, 7) is 24.1. The Balaban J connectivity index is 0.000000184. The summed E-state index contributed by atoms with van der Waals surface area (Å²) in [7, 11) is 4.32. The first-order valence-corrected chi connectivity index (χ1v) is 36.0. The molecule has 5 saturated heterocycles. The van der Waals surface area contributed by atoms with E-state index in [1.54, 1.807) is 62.1 Å². The van der Waals surface area contributed by atoms with E-state index in [2.05, 4.69) is 53.5 Å². The first kappa shape index (κ1) is 84.4. The van der Waals surface area contributed by atoms with Gasteiger partial charge in [0.25, 0.3) is 0 Å². The normalized spacial score (nSPS) is 22.0. The van der Waals surface area contributed by atoms with Gasteiger partial charge in [-0.25, -0.2) is 38.4 Å². The zero-order valence-corrected chi connectivity index (χ0v) is 63.7. The zero-order chi connectivity index (χ0) is 73.8. The number of fused-ring (bicyclic) bond motifs is 6. The van der Waals surface area contributed by atoms with Crippen LogP contribution in [0.2, 0.25) is 0 Å². The molecule has 3 saturated carbocycles. The monoisotopic (exact) mass is 1450 g/mol. The number of ether oxygens (including phenoxy) is 4. The molecule has 8 aliphatic heterocycles. The summed E-state index contributed by atoms with van der Waals surface area (Å²) in [6.07, 6.45) is 17.0. The number of anilines is 3. The molecule has 8 heterocycles. The van der Waals surface area contributed by atoms with Crippen molar-refractivity contribution in [3.63, 3.8) is 0 Å². The Morgan fingerprint density at radius 3 is 1.18 bits per heavy atom. The fourth-order valence-corrected chi connectivity index (χ4v) is 16.1. The SMILES string of the molecule is CC(=O)N1CC2(CCN(C3CCC4(CC3)OCCO4)CC2)c2cc(F)ccc21.CC(=O)N1CC2(CCNCC2)c2cc(F)ccc21.CC(=O)OOC(C)=O.CCON.CCON=C1CCC(N2CCC3(CC2)CN(C(C)=O)c2ccc(F)cc23)CC1.O=C1CCC2(CC1)OCCO2.[B-]OC(C)=O.[Na+]. The minimum Gasteiger partial charge on any atom is -0.793 e. The minimum atomic E-state index is -0.639. The summed E-state index contributed by atoms with van der Waals surface area (Å²) in [5.41, 5.74) is 6.69. The quantitative estimate of drug-likeness (QED) is 0.161. The molecule has 14 rings (SSSR count). The van der Waals surface area contributed by atoms with Gasteiger partial charge in [-0.15, -0.1) is 0 Å². The number of rotatable bonds is 5. The molecular weight excluding hydrogens is 1350 g/mol. The molecule has 103 heavy (non-hydrogen) atoms. The van der Waals surface area contributed by atoms with Crippen LogP contribution in [0.3, 0.4) is 0 Å². The Bertz CT molecular complexity index is 3350. The molecule has 3 amide bonds. The maximum Gasteiger partial charge on any atom is 1.00 e. The number of benzene rings is 3. The fraction of sp³-hybridized carbons (Fsp3) is 0.649. The maximum atomic E-state index is 14.0.